The van der Waals surface area contributed by atoms with Gasteiger partial charge in [-0.15, -0.1) is 11.3 Å². The highest BCUT2D eigenvalue weighted by Gasteiger charge is 2.43. The van der Waals surface area contributed by atoms with Gasteiger partial charge in [-0.05, 0) is 41.8 Å². The second-order valence-electron chi connectivity index (χ2n) is 5.15. The van der Waals surface area contributed by atoms with E-state index in [4.69, 9.17) is 0 Å². The van der Waals surface area contributed by atoms with Gasteiger partial charge >= 0.3 is 5.97 Å². The molecule has 1 aliphatic carbocycles. The number of rotatable bonds is 4. The molecule has 1 heterocycles. The predicted molar refractivity (Wildman–Crippen MR) is 79.9 cm³/mol. The van der Waals surface area contributed by atoms with Gasteiger partial charge in [-0.3, -0.25) is 5.32 Å². The van der Waals surface area contributed by atoms with Crippen LogP contribution in [0.4, 0.5) is 0 Å². The van der Waals surface area contributed by atoms with Crippen molar-refractivity contribution in [2.24, 2.45) is 0 Å². The van der Waals surface area contributed by atoms with Crippen LogP contribution >= 0.6 is 11.3 Å². The molecule has 1 aromatic heterocycles. The van der Waals surface area contributed by atoms with E-state index in [1.54, 1.807) is 11.3 Å². The van der Waals surface area contributed by atoms with Gasteiger partial charge in [0.05, 0.1) is 0 Å². The molecule has 0 bridgehead atoms. The fourth-order valence-electron chi connectivity index (χ4n) is 2.97. The van der Waals surface area contributed by atoms with Gasteiger partial charge in [-0.25, -0.2) is 4.79 Å². The highest BCUT2D eigenvalue weighted by molar-refractivity contribution is 7.09. The first-order valence-corrected chi connectivity index (χ1v) is 7.69. The molecular weight excluding hydrogens is 270 g/mol. The molecule has 0 spiro atoms. The van der Waals surface area contributed by atoms with Crippen molar-refractivity contribution in [2.75, 3.05) is 0 Å². The van der Waals surface area contributed by atoms with Crippen molar-refractivity contribution in [1.29, 1.82) is 0 Å². The van der Waals surface area contributed by atoms with Crippen molar-refractivity contribution in [3.63, 3.8) is 0 Å². The molecule has 1 unspecified atom stereocenters. The zero-order valence-corrected chi connectivity index (χ0v) is 12.0. The van der Waals surface area contributed by atoms with E-state index >= 15 is 0 Å². The lowest BCUT2D eigenvalue weighted by Gasteiger charge is -2.36. The monoisotopic (exact) mass is 287 g/mol. The largest absolute Gasteiger partial charge is 0.480 e. The van der Waals surface area contributed by atoms with Crippen LogP contribution in [0, 0.1) is 0 Å². The summed E-state index contributed by atoms with van der Waals surface area (Å²) in [7, 11) is 0. The van der Waals surface area contributed by atoms with Crippen LogP contribution in [0.1, 0.15) is 28.8 Å². The Morgan fingerprint density at radius 1 is 1.30 bits per heavy atom. The maximum Gasteiger partial charge on any atom is 0.328 e. The van der Waals surface area contributed by atoms with E-state index in [9.17, 15) is 9.90 Å². The summed E-state index contributed by atoms with van der Waals surface area (Å²) < 4.78 is 0. The lowest BCUT2D eigenvalue weighted by atomic mass is 9.76. The van der Waals surface area contributed by atoms with Crippen molar-refractivity contribution in [1.82, 2.24) is 5.32 Å². The summed E-state index contributed by atoms with van der Waals surface area (Å²) in [4.78, 5) is 13.1. The highest BCUT2D eigenvalue weighted by atomic mass is 32.1. The maximum atomic E-state index is 11.9. The molecule has 2 aromatic rings. The third-order valence-corrected chi connectivity index (χ3v) is 4.86. The molecule has 1 atom stereocenters. The first-order valence-electron chi connectivity index (χ1n) is 6.81. The van der Waals surface area contributed by atoms with Crippen molar-refractivity contribution in [3.8, 4) is 0 Å². The Morgan fingerprint density at radius 2 is 2.15 bits per heavy atom. The van der Waals surface area contributed by atoms with Gasteiger partial charge in [0, 0.05) is 11.4 Å². The van der Waals surface area contributed by atoms with E-state index in [1.165, 1.54) is 0 Å². The third-order valence-electron chi connectivity index (χ3n) is 3.98. The van der Waals surface area contributed by atoms with E-state index in [0.29, 0.717) is 13.0 Å². The number of aliphatic carboxylic acids is 1. The lowest BCUT2D eigenvalue weighted by Crippen LogP contribution is -2.50. The number of hydrogen-bond acceptors (Lipinski definition) is 3. The van der Waals surface area contributed by atoms with Crippen LogP contribution in [0.25, 0.3) is 0 Å². The summed E-state index contributed by atoms with van der Waals surface area (Å²) in [5.74, 6) is -0.777. The molecule has 3 rings (SSSR count). The van der Waals surface area contributed by atoms with E-state index in [-0.39, 0.29) is 0 Å². The SMILES string of the molecule is O=C(O)C1(NCc2cccs2)CCCc2ccccc21. The normalized spacial score (nSPS) is 21.4. The number of carboxylic acids is 1. The third kappa shape index (κ3) is 2.25. The minimum Gasteiger partial charge on any atom is -0.480 e. The fraction of sp³-hybridized carbons (Fsp3) is 0.312. The topological polar surface area (TPSA) is 49.3 Å². The number of carbonyl (C=O) groups is 1. The van der Waals surface area contributed by atoms with E-state index in [0.717, 1.165) is 28.8 Å². The summed E-state index contributed by atoms with van der Waals surface area (Å²) in [6.07, 6.45) is 2.51. The maximum absolute atomic E-state index is 11.9. The standard InChI is InChI=1S/C16H17NO2S/c18-15(19)16(17-11-13-7-4-10-20-13)9-3-6-12-5-1-2-8-14(12)16/h1-2,4-5,7-8,10,17H,3,6,9,11H2,(H,18,19). The van der Waals surface area contributed by atoms with Gasteiger partial charge < -0.3 is 5.11 Å². The molecule has 1 aliphatic rings. The molecule has 0 radical (unpaired) electrons. The number of benzene rings is 1. The number of hydrogen-bond donors (Lipinski definition) is 2. The van der Waals surface area contributed by atoms with Crippen LogP contribution in [0.5, 0.6) is 0 Å². The number of thiophene rings is 1. The molecule has 20 heavy (non-hydrogen) atoms. The van der Waals surface area contributed by atoms with Crippen LogP contribution in [0.15, 0.2) is 41.8 Å². The van der Waals surface area contributed by atoms with Crippen molar-refractivity contribution in [3.05, 3.63) is 57.8 Å². The number of nitrogens with one attached hydrogen (secondary N) is 1. The first-order chi connectivity index (χ1) is 9.72. The van der Waals surface area contributed by atoms with Crippen LogP contribution in [0.2, 0.25) is 0 Å². The Kier molecular flexibility index (Phi) is 3.59. The Bertz CT molecular complexity index is 609. The lowest BCUT2D eigenvalue weighted by molar-refractivity contribution is -0.146. The fourth-order valence-corrected chi connectivity index (χ4v) is 3.61. The number of aryl methyl sites for hydroxylation is 1. The molecular formula is C16H17NO2S. The van der Waals surface area contributed by atoms with Crippen molar-refractivity contribution >= 4 is 17.3 Å². The summed E-state index contributed by atoms with van der Waals surface area (Å²) in [5, 5.41) is 15.1. The Morgan fingerprint density at radius 3 is 2.90 bits per heavy atom. The van der Waals surface area contributed by atoms with E-state index in [1.807, 2.05) is 41.8 Å². The highest BCUT2D eigenvalue weighted by Crippen LogP contribution is 2.36. The summed E-state index contributed by atoms with van der Waals surface area (Å²) in [6.45, 7) is 0.596. The van der Waals surface area contributed by atoms with Crippen molar-refractivity contribution in [2.45, 2.75) is 31.3 Å². The zero-order valence-electron chi connectivity index (χ0n) is 11.1. The van der Waals surface area contributed by atoms with Gasteiger partial charge in [-0.2, -0.15) is 0 Å². The zero-order chi connectivity index (χ0) is 14.0. The van der Waals surface area contributed by atoms with E-state index < -0.39 is 11.5 Å². The van der Waals surface area contributed by atoms with Crippen LogP contribution in [0.3, 0.4) is 0 Å². The molecule has 104 valence electrons. The molecule has 0 fully saturated rings. The second kappa shape index (κ2) is 5.38. The minimum atomic E-state index is -0.946. The Labute approximate surface area is 122 Å². The minimum absolute atomic E-state index is 0.596. The van der Waals surface area contributed by atoms with Crippen molar-refractivity contribution < 1.29 is 9.90 Å². The van der Waals surface area contributed by atoms with E-state index in [2.05, 4.69) is 5.32 Å². The first kappa shape index (κ1) is 13.3. The summed E-state index contributed by atoms with van der Waals surface area (Å²) in [6, 6.07) is 11.9. The smallest absolute Gasteiger partial charge is 0.328 e. The average Bonchev–Trinajstić information content (AvgIpc) is 2.98. The molecule has 4 heteroatoms. The molecule has 0 saturated heterocycles. The van der Waals surface area contributed by atoms with Gasteiger partial charge in [0.1, 0.15) is 5.54 Å². The van der Waals surface area contributed by atoms with Crippen LogP contribution in [-0.4, -0.2) is 11.1 Å². The van der Waals surface area contributed by atoms with Gasteiger partial charge in [0.25, 0.3) is 0 Å². The Balaban J connectivity index is 1.95. The predicted octanol–water partition coefficient (Wildman–Crippen LogP) is 3.15. The number of fused-ring (bicyclic) bond motifs is 1. The molecule has 1 aromatic carbocycles. The van der Waals surface area contributed by atoms with Gasteiger partial charge in [0.2, 0.25) is 0 Å². The van der Waals surface area contributed by atoms with Crippen LogP contribution < -0.4 is 5.32 Å². The average molecular weight is 287 g/mol. The molecule has 0 amide bonds. The van der Waals surface area contributed by atoms with Gasteiger partial charge in [-0.1, -0.05) is 30.3 Å². The number of carboxylic acid groups (broad SMARTS) is 1. The Hall–Kier alpha value is -1.65. The molecule has 0 aliphatic heterocycles. The quantitative estimate of drug-likeness (QED) is 0.908. The summed E-state index contributed by atoms with van der Waals surface area (Å²) >= 11 is 1.65. The van der Waals surface area contributed by atoms with Crippen LogP contribution in [-0.2, 0) is 23.3 Å². The summed E-state index contributed by atoms with van der Waals surface area (Å²) in [5.41, 5.74) is 1.13. The molecule has 0 saturated carbocycles. The molecule has 2 N–H and O–H groups in total. The molecule has 3 nitrogen and oxygen atoms in total. The second-order valence-corrected chi connectivity index (χ2v) is 6.19. The van der Waals surface area contributed by atoms with Gasteiger partial charge in [0.15, 0.2) is 0 Å².